The maximum atomic E-state index is 13.7. The van der Waals surface area contributed by atoms with E-state index in [9.17, 15) is 34.6 Å². The molecule has 0 unspecified atom stereocenters. The molecule has 36 heavy (non-hydrogen) atoms. The first-order valence-electron chi connectivity index (χ1n) is 11.8. The van der Waals surface area contributed by atoms with Gasteiger partial charge in [-0.3, -0.25) is 39.6 Å². The number of non-ortho nitro benzene ring substituents is 2. The predicted octanol–water partition coefficient (Wildman–Crippen LogP) is 4.97. The first-order valence-corrected chi connectivity index (χ1v) is 11.8. The van der Waals surface area contributed by atoms with Gasteiger partial charge in [0.1, 0.15) is 5.41 Å². The van der Waals surface area contributed by atoms with E-state index in [2.05, 4.69) is 0 Å². The van der Waals surface area contributed by atoms with E-state index in [0.29, 0.717) is 17.5 Å². The summed E-state index contributed by atoms with van der Waals surface area (Å²) in [7, 11) is 0. The Bertz CT molecular complexity index is 1080. The van der Waals surface area contributed by atoms with Crippen molar-refractivity contribution in [3.63, 3.8) is 0 Å². The van der Waals surface area contributed by atoms with E-state index < -0.39 is 33.1 Å². The van der Waals surface area contributed by atoms with Gasteiger partial charge in [0.05, 0.1) is 22.9 Å². The van der Waals surface area contributed by atoms with E-state index in [1.54, 1.807) is 6.92 Å². The second-order valence-electron chi connectivity index (χ2n) is 8.81. The van der Waals surface area contributed by atoms with Gasteiger partial charge < -0.3 is 0 Å². The van der Waals surface area contributed by atoms with Crippen LogP contribution in [0.2, 0.25) is 0 Å². The molecule has 0 radical (unpaired) electrons. The highest BCUT2D eigenvalue weighted by atomic mass is 16.6. The van der Waals surface area contributed by atoms with Gasteiger partial charge in [-0.25, -0.2) is 4.79 Å². The Morgan fingerprint density at radius 1 is 0.722 bits per heavy atom. The molecule has 0 bridgehead atoms. The Balaban J connectivity index is 1.97. The number of hydrogen-bond acceptors (Lipinski definition) is 7. The van der Waals surface area contributed by atoms with Crippen molar-refractivity contribution in [2.75, 3.05) is 0 Å². The lowest BCUT2D eigenvalue weighted by atomic mass is 9.75. The van der Waals surface area contributed by atoms with Gasteiger partial charge in [-0.15, -0.1) is 0 Å². The molecule has 1 fully saturated rings. The molecule has 1 aliphatic rings. The van der Waals surface area contributed by atoms with Gasteiger partial charge in [-0.2, -0.15) is 0 Å². The van der Waals surface area contributed by atoms with E-state index in [-0.39, 0.29) is 37.3 Å². The van der Waals surface area contributed by atoms with Crippen LogP contribution in [0.25, 0.3) is 0 Å². The third-order valence-electron chi connectivity index (χ3n) is 6.56. The average molecular weight is 497 g/mol. The molecule has 2 aromatic rings. The summed E-state index contributed by atoms with van der Waals surface area (Å²) in [5.41, 5.74) is -0.638. The number of nitro groups is 2. The summed E-state index contributed by atoms with van der Waals surface area (Å²) in [4.78, 5) is 63.7. The van der Waals surface area contributed by atoms with Crippen LogP contribution < -0.4 is 0 Å². The molecule has 2 aromatic carbocycles. The number of carbonyl (C=O) groups is 3. The number of barbiturate groups is 1. The molecule has 3 rings (SSSR count). The summed E-state index contributed by atoms with van der Waals surface area (Å²) in [6.07, 6.45) is 2.83. The molecule has 0 aliphatic carbocycles. The molecule has 1 saturated heterocycles. The average Bonchev–Trinajstić information content (AvgIpc) is 2.87. The van der Waals surface area contributed by atoms with Gasteiger partial charge in [-0.05, 0) is 24.0 Å². The lowest BCUT2D eigenvalue weighted by molar-refractivity contribution is -0.385. The topological polar surface area (TPSA) is 144 Å². The highest BCUT2D eigenvalue weighted by Gasteiger charge is 2.55. The van der Waals surface area contributed by atoms with Crippen LogP contribution in [0.3, 0.4) is 0 Å². The quantitative estimate of drug-likeness (QED) is 0.185. The van der Waals surface area contributed by atoms with Crippen molar-refractivity contribution in [2.45, 2.75) is 59.0 Å². The maximum absolute atomic E-state index is 13.7. The summed E-state index contributed by atoms with van der Waals surface area (Å²) in [6, 6.07) is 10.3. The number of urea groups is 1. The molecule has 190 valence electrons. The van der Waals surface area contributed by atoms with Crippen LogP contribution >= 0.6 is 0 Å². The Labute approximate surface area is 208 Å². The number of amides is 4. The van der Waals surface area contributed by atoms with Crippen LogP contribution in [0.15, 0.2) is 48.5 Å². The third kappa shape index (κ3) is 5.24. The van der Waals surface area contributed by atoms with Crippen LogP contribution in [-0.4, -0.2) is 37.5 Å². The Hall–Kier alpha value is -4.15. The number of nitro benzene ring substituents is 2. The second-order valence-corrected chi connectivity index (χ2v) is 8.81. The van der Waals surface area contributed by atoms with Crippen LogP contribution in [0.5, 0.6) is 0 Å². The monoisotopic (exact) mass is 496 g/mol. The number of unbranched alkanes of at least 4 members (excludes halogenated alkanes) is 2. The molecular weight excluding hydrogens is 468 g/mol. The molecule has 1 heterocycles. The molecule has 0 saturated carbocycles. The zero-order valence-electron chi connectivity index (χ0n) is 20.2. The molecular formula is C25H28N4O7. The van der Waals surface area contributed by atoms with E-state index in [4.69, 9.17) is 0 Å². The van der Waals surface area contributed by atoms with Crippen molar-refractivity contribution in [3.05, 3.63) is 79.9 Å². The number of nitrogens with zero attached hydrogens (tertiary/aromatic N) is 4. The summed E-state index contributed by atoms with van der Waals surface area (Å²) in [5.74, 6) is -1.15. The summed E-state index contributed by atoms with van der Waals surface area (Å²) >= 11 is 0. The van der Waals surface area contributed by atoms with Gasteiger partial charge in [0, 0.05) is 24.3 Å². The fourth-order valence-corrected chi connectivity index (χ4v) is 4.39. The predicted molar refractivity (Wildman–Crippen MR) is 130 cm³/mol. The zero-order chi connectivity index (χ0) is 26.5. The van der Waals surface area contributed by atoms with Gasteiger partial charge in [0.15, 0.2) is 0 Å². The SMILES string of the molecule is CCCCCC1(CC)C(=O)N(Cc2ccc([N+](=O)[O-])cc2)C(=O)N(Cc2ccc([N+](=O)[O-])cc2)C1=O. The first kappa shape index (κ1) is 26.5. The Morgan fingerprint density at radius 3 is 1.47 bits per heavy atom. The van der Waals surface area contributed by atoms with E-state index in [0.717, 1.165) is 22.6 Å². The highest BCUT2D eigenvalue weighted by molar-refractivity contribution is 6.19. The normalized spacial score (nSPS) is 15.3. The van der Waals surface area contributed by atoms with Crippen LogP contribution in [0, 0.1) is 25.6 Å². The van der Waals surface area contributed by atoms with Crippen molar-refractivity contribution in [1.82, 2.24) is 9.80 Å². The minimum absolute atomic E-state index is 0.118. The molecule has 0 N–H and O–H groups in total. The van der Waals surface area contributed by atoms with E-state index >= 15 is 0 Å². The van der Waals surface area contributed by atoms with Crippen molar-refractivity contribution >= 4 is 29.2 Å². The minimum Gasteiger partial charge on any atom is -0.273 e. The molecule has 0 atom stereocenters. The maximum Gasteiger partial charge on any atom is 0.334 e. The Kier molecular flexibility index (Phi) is 8.13. The minimum atomic E-state index is -1.41. The van der Waals surface area contributed by atoms with E-state index in [1.165, 1.54) is 48.5 Å². The Morgan fingerprint density at radius 2 is 1.14 bits per heavy atom. The molecule has 0 spiro atoms. The van der Waals surface area contributed by atoms with Gasteiger partial charge >= 0.3 is 6.03 Å². The van der Waals surface area contributed by atoms with Gasteiger partial charge in [0.2, 0.25) is 11.8 Å². The fraction of sp³-hybridized carbons (Fsp3) is 0.400. The molecule has 11 nitrogen and oxygen atoms in total. The smallest absolute Gasteiger partial charge is 0.273 e. The summed E-state index contributed by atoms with van der Waals surface area (Å²) in [6.45, 7) is 3.46. The number of imide groups is 2. The van der Waals surface area contributed by atoms with Gasteiger partial charge in [0.25, 0.3) is 11.4 Å². The lowest BCUT2D eigenvalue weighted by Crippen LogP contribution is -2.64. The number of benzene rings is 2. The molecule has 4 amide bonds. The second kappa shape index (κ2) is 11.1. The van der Waals surface area contributed by atoms with Crippen LogP contribution in [0.4, 0.5) is 16.2 Å². The first-order chi connectivity index (χ1) is 17.1. The third-order valence-corrected chi connectivity index (χ3v) is 6.56. The zero-order valence-corrected chi connectivity index (χ0v) is 20.2. The van der Waals surface area contributed by atoms with Crippen LogP contribution in [-0.2, 0) is 22.7 Å². The largest absolute Gasteiger partial charge is 0.334 e. The number of carbonyl (C=O) groups excluding carboxylic acids is 3. The lowest BCUT2D eigenvalue weighted by Gasteiger charge is -2.44. The molecule has 1 aliphatic heterocycles. The number of rotatable bonds is 11. The standard InChI is InChI=1S/C25H28N4O7/c1-3-5-6-15-25(4-2)22(30)26(16-18-7-11-20(12-8-18)28(33)34)24(32)27(23(25)31)17-19-9-13-21(14-10-19)29(35)36/h7-14H,3-6,15-17H2,1-2H3. The fourth-order valence-electron chi connectivity index (χ4n) is 4.39. The molecule has 0 aromatic heterocycles. The van der Waals surface area contributed by atoms with Gasteiger partial charge in [-0.1, -0.05) is 57.4 Å². The molecule has 11 heteroatoms. The van der Waals surface area contributed by atoms with Crippen LogP contribution in [0.1, 0.15) is 57.1 Å². The summed E-state index contributed by atoms with van der Waals surface area (Å²) in [5, 5.41) is 21.9. The van der Waals surface area contributed by atoms with Crippen molar-refractivity contribution in [3.8, 4) is 0 Å². The van der Waals surface area contributed by atoms with Crippen molar-refractivity contribution in [2.24, 2.45) is 5.41 Å². The number of hydrogen-bond donors (Lipinski definition) is 0. The van der Waals surface area contributed by atoms with Crippen molar-refractivity contribution in [1.29, 1.82) is 0 Å². The summed E-state index contributed by atoms with van der Waals surface area (Å²) < 4.78 is 0. The highest BCUT2D eigenvalue weighted by Crippen LogP contribution is 2.39. The van der Waals surface area contributed by atoms with Crippen molar-refractivity contribution < 1.29 is 24.2 Å². The van der Waals surface area contributed by atoms with E-state index in [1.807, 2.05) is 6.92 Å².